The Kier molecular flexibility index (Phi) is 4.85. The molecular weight excluding hydrogens is 164 g/mol. The van der Waals surface area contributed by atoms with E-state index in [4.69, 9.17) is 10.5 Å². The van der Waals surface area contributed by atoms with Gasteiger partial charge in [0.2, 0.25) is 0 Å². The van der Waals surface area contributed by atoms with Crippen molar-refractivity contribution in [1.82, 2.24) is 5.32 Å². The first kappa shape index (κ1) is 12.3. The molecule has 3 N–H and O–H groups in total. The Labute approximate surface area is 81.3 Å². The van der Waals surface area contributed by atoms with Crippen molar-refractivity contribution >= 4 is 0 Å². The van der Waals surface area contributed by atoms with Gasteiger partial charge < -0.3 is 15.8 Å². The van der Waals surface area contributed by atoms with E-state index in [2.05, 4.69) is 5.32 Å². The summed E-state index contributed by atoms with van der Waals surface area (Å²) in [4.78, 5) is 0. The monoisotopic (exact) mass is 186 g/mol. The van der Waals surface area contributed by atoms with Crippen molar-refractivity contribution in [3.63, 3.8) is 0 Å². The highest BCUT2D eigenvalue weighted by Crippen LogP contribution is 2.08. The van der Waals surface area contributed by atoms with Gasteiger partial charge in [-0.05, 0) is 34.6 Å². The fourth-order valence-corrected chi connectivity index (χ4v) is 0.781. The molecule has 0 spiro atoms. The molecule has 0 rings (SSSR count). The van der Waals surface area contributed by atoms with Gasteiger partial charge in [0.1, 0.15) is 0 Å². The third kappa shape index (κ3) is 6.46. The van der Waals surface area contributed by atoms with Gasteiger partial charge in [-0.3, -0.25) is 0 Å². The van der Waals surface area contributed by atoms with Gasteiger partial charge >= 0.3 is 0 Å². The molecule has 0 amide bonds. The SMILES string of the molecule is CCN/C(C)=C(\N)COC(C)(C)C. The van der Waals surface area contributed by atoms with Crippen LogP contribution in [0, 0.1) is 0 Å². The molecule has 13 heavy (non-hydrogen) atoms. The summed E-state index contributed by atoms with van der Waals surface area (Å²) in [7, 11) is 0. The first-order chi connectivity index (χ1) is 5.87. The Morgan fingerprint density at radius 1 is 1.38 bits per heavy atom. The van der Waals surface area contributed by atoms with Crippen molar-refractivity contribution in [2.24, 2.45) is 5.73 Å². The predicted molar refractivity (Wildman–Crippen MR) is 56.3 cm³/mol. The van der Waals surface area contributed by atoms with Crippen LogP contribution in [0.4, 0.5) is 0 Å². The smallest absolute Gasteiger partial charge is 0.0884 e. The molecule has 0 aliphatic rings. The van der Waals surface area contributed by atoms with Gasteiger partial charge in [-0.25, -0.2) is 0 Å². The predicted octanol–water partition coefficient (Wildman–Crippen LogP) is 1.60. The quantitative estimate of drug-likeness (QED) is 0.701. The average Bonchev–Trinajstić information content (AvgIpc) is 1.99. The van der Waals surface area contributed by atoms with Crippen molar-refractivity contribution in [1.29, 1.82) is 0 Å². The molecular formula is C10H22N2O. The number of hydrogen-bond donors (Lipinski definition) is 2. The van der Waals surface area contributed by atoms with Crippen molar-refractivity contribution < 1.29 is 4.74 Å². The summed E-state index contributed by atoms with van der Waals surface area (Å²) in [6.07, 6.45) is 0. The summed E-state index contributed by atoms with van der Waals surface area (Å²) in [5.41, 5.74) is 7.46. The van der Waals surface area contributed by atoms with E-state index in [9.17, 15) is 0 Å². The summed E-state index contributed by atoms with van der Waals surface area (Å²) >= 11 is 0. The summed E-state index contributed by atoms with van der Waals surface area (Å²) in [6, 6.07) is 0. The molecule has 0 heterocycles. The minimum Gasteiger partial charge on any atom is -0.399 e. The zero-order valence-electron chi connectivity index (χ0n) is 9.40. The second kappa shape index (κ2) is 5.12. The molecule has 3 heteroatoms. The van der Waals surface area contributed by atoms with Crippen molar-refractivity contribution in [3.8, 4) is 0 Å². The maximum absolute atomic E-state index is 5.80. The Morgan fingerprint density at radius 3 is 2.31 bits per heavy atom. The third-order valence-electron chi connectivity index (χ3n) is 1.58. The zero-order valence-corrected chi connectivity index (χ0v) is 9.40. The maximum Gasteiger partial charge on any atom is 0.0884 e. The van der Waals surface area contributed by atoms with E-state index in [1.165, 1.54) is 0 Å². The number of ether oxygens (including phenoxy) is 1. The molecule has 78 valence electrons. The molecule has 0 saturated carbocycles. The molecule has 0 fully saturated rings. The molecule has 0 saturated heterocycles. The van der Waals surface area contributed by atoms with Crippen LogP contribution in [0.3, 0.4) is 0 Å². The lowest BCUT2D eigenvalue weighted by Gasteiger charge is -2.20. The normalized spacial score (nSPS) is 13.9. The zero-order chi connectivity index (χ0) is 10.5. The van der Waals surface area contributed by atoms with Crippen LogP contribution < -0.4 is 11.1 Å². The molecule has 0 atom stereocenters. The van der Waals surface area contributed by atoms with Gasteiger partial charge in [-0.1, -0.05) is 0 Å². The first-order valence-electron chi connectivity index (χ1n) is 4.70. The third-order valence-corrected chi connectivity index (χ3v) is 1.58. The minimum absolute atomic E-state index is 0.128. The maximum atomic E-state index is 5.80. The van der Waals surface area contributed by atoms with Crippen LogP contribution in [0.25, 0.3) is 0 Å². The van der Waals surface area contributed by atoms with Gasteiger partial charge in [0.15, 0.2) is 0 Å². The molecule has 0 radical (unpaired) electrons. The molecule has 0 aromatic rings. The van der Waals surface area contributed by atoms with Crippen molar-refractivity contribution in [3.05, 3.63) is 11.4 Å². The molecule has 0 unspecified atom stereocenters. The molecule has 0 aromatic carbocycles. The molecule has 0 aliphatic carbocycles. The van der Waals surface area contributed by atoms with Crippen LogP contribution in [-0.2, 0) is 4.74 Å². The van der Waals surface area contributed by atoms with Crippen molar-refractivity contribution in [2.75, 3.05) is 13.2 Å². The van der Waals surface area contributed by atoms with Crippen LogP contribution in [0.1, 0.15) is 34.6 Å². The van der Waals surface area contributed by atoms with Crippen LogP contribution in [0.5, 0.6) is 0 Å². The van der Waals surface area contributed by atoms with E-state index in [1.54, 1.807) is 0 Å². The lowest BCUT2D eigenvalue weighted by Crippen LogP contribution is -2.25. The van der Waals surface area contributed by atoms with Crippen LogP contribution >= 0.6 is 0 Å². The Bertz CT molecular complexity index is 180. The fourth-order valence-electron chi connectivity index (χ4n) is 0.781. The van der Waals surface area contributed by atoms with Gasteiger partial charge in [-0.2, -0.15) is 0 Å². The minimum atomic E-state index is -0.128. The van der Waals surface area contributed by atoms with Gasteiger partial charge in [-0.15, -0.1) is 0 Å². The van der Waals surface area contributed by atoms with Crippen LogP contribution in [0.15, 0.2) is 11.4 Å². The molecule has 0 aromatic heterocycles. The van der Waals surface area contributed by atoms with Crippen molar-refractivity contribution in [2.45, 2.75) is 40.2 Å². The second-order valence-electron chi connectivity index (χ2n) is 4.08. The number of nitrogens with two attached hydrogens (primary N) is 1. The topological polar surface area (TPSA) is 47.3 Å². The van der Waals surface area contributed by atoms with E-state index in [0.717, 1.165) is 17.9 Å². The highest BCUT2D eigenvalue weighted by Gasteiger charge is 2.10. The van der Waals surface area contributed by atoms with E-state index < -0.39 is 0 Å². The number of rotatable bonds is 4. The summed E-state index contributed by atoms with van der Waals surface area (Å²) in [5, 5.41) is 3.16. The molecule has 3 nitrogen and oxygen atoms in total. The Morgan fingerprint density at radius 2 is 1.92 bits per heavy atom. The number of allylic oxidation sites excluding steroid dienone is 1. The van der Waals surface area contributed by atoms with Crippen LogP contribution in [-0.4, -0.2) is 18.8 Å². The van der Waals surface area contributed by atoms with Gasteiger partial charge in [0, 0.05) is 12.2 Å². The van der Waals surface area contributed by atoms with E-state index in [-0.39, 0.29) is 5.60 Å². The van der Waals surface area contributed by atoms with Gasteiger partial charge in [0.25, 0.3) is 0 Å². The lowest BCUT2D eigenvalue weighted by molar-refractivity contribution is 0.0102. The number of hydrogen-bond acceptors (Lipinski definition) is 3. The Hall–Kier alpha value is -0.700. The largest absolute Gasteiger partial charge is 0.399 e. The molecule has 0 aliphatic heterocycles. The number of nitrogens with one attached hydrogen (secondary N) is 1. The standard InChI is InChI=1S/C10H22N2O/c1-6-12-8(2)9(11)7-13-10(3,4)5/h12H,6-7,11H2,1-5H3/b9-8-. The van der Waals surface area contributed by atoms with E-state index >= 15 is 0 Å². The van der Waals surface area contributed by atoms with Crippen LogP contribution in [0.2, 0.25) is 0 Å². The highest BCUT2D eigenvalue weighted by molar-refractivity contribution is 5.06. The lowest BCUT2D eigenvalue weighted by atomic mass is 10.2. The van der Waals surface area contributed by atoms with E-state index in [0.29, 0.717) is 6.61 Å². The Balaban J connectivity index is 3.98. The van der Waals surface area contributed by atoms with Gasteiger partial charge in [0.05, 0.1) is 17.9 Å². The fraction of sp³-hybridized carbons (Fsp3) is 0.800. The highest BCUT2D eigenvalue weighted by atomic mass is 16.5. The molecule has 0 bridgehead atoms. The van der Waals surface area contributed by atoms with E-state index in [1.807, 2.05) is 34.6 Å². The summed E-state index contributed by atoms with van der Waals surface area (Å²) in [6.45, 7) is 11.4. The average molecular weight is 186 g/mol. The second-order valence-corrected chi connectivity index (χ2v) is 4.08. The first-order valence-corrected chi connectivity index (χ1v) is 4.70. The summed E-state index contributed by atoms with van der Waals surface area (Å²) in [5.74, 6) is 0. The summed E-state index contributed by atoms with van der Waals surface area (Å²) < 4.78 is 5.54.